The first-order valence-corrected chi connectivity index (χ1v) is 9.57. The van der Waals surface area contributed by atoms with Gasteiger partial charge in [0.1, 0.15) is 15.9 Å². The summed E-state index contributed by atoms with van der Waals surface area (Å²) >= 11 is 2.44. The van der Waals surface area contributed by atoms with E-state index in [9.17, 15) is 10.1 Å². The summed E-state index contributed by atoms with van der Waals surface area (Å²) in [6, 6.07) is 4.01. The van der Waals surface area contributed by atoms with E-state index in [4.69, 9.17) is 10.5 Å². The zero-order valence-electron chi connectivity index (χ0n) is 14.4. The number of hydrogen-bond acceptors (Lipinski definition) is 9. The summed E-state index contributed by atoms with van der Waals surface area (Å²) in [5.41, 5.74) is 8.59. The second-order valence-corrected chi connectivity index (χ2v) is 7.42. The standard InChI is InChI=1S/C16H16N6O2S2/c1-4-24-14(23)12-11(10(6-17)13(18)26-12)7-25-16-21-20-15-19-8(2)5-9(3)22(15)16/h5H,4,7,18H2,1-3H3. The van der Waals surface area contributed by atoms with Crippen LogP contribution in [0.15, 0.2) is 11.2 Å². The fraction of sp³-hybridized carbons (Fsp3) is 0.312. The van der Waals surface area contributed by atoms with Gasteiger partial charge in [-0.15, -0.1) is 21.5 Å². The van der Waals surface area contributed by atoms with Crippen LogP contribution in [0.1, 0.15) is 39.1 Å². The monoisotopic (exact) mass is 388 g/mol. The number of hydrogen-bond donors (Lipinski definition) is 1. The minimum absolute atomic E-state index is 0.254. The van der Waals surface area contributed by atoms with Crippen LogP contribution in [0.25, 0.3) is 5.78 Å². The number of esters is 1. The van der Waals surface area contributed by atoms with Crippen molar-refractivity contribution in [3.05, 3.63) is 33.5 Å². The van der Waals surface area contributed by atoms with E-state index in [1.165, 1.54) is 11.8 Å². The smallest absolute Gasteiger partial charge is 0.348 e. The molecule has 3 aromatic rings. The molecule has 3 aromatic heterocycles. The average Bonchev–Trinajstić information content (AvgIpc) is 3.13. The fourth-order valence-corrected chi connectivity index (χ4v) is 4.57. The molecule has 0 aliphatic rings. The Labute approximate surface area is 158 Å². The van der Waals surface area contributed by atoms with Crippen molar-refractivity contribution in [1.82, 2.24) is 19.6 Å². The highest BCUT2D eigenvalue weighted by molar-refractivity contribution is 7.98. The normalized spacial score (nSPS) is 10.8. The van der Waals surface area contributed by atoms with E-state index in [2.05, 4.69) is 21.3 Å². The van der Waals surface area contributed by atoms with E-state index in [1.54, 1.807) is 6.92 Å². The highest BCUT2D eigenvalue weighted by Crippen LogP contribution is 2.35. The molecular formula is C16H16N6O2S2. The molecule has 0 bridgehead atoms. The Morgan fingerprint density at radius 2 is 2.23 bits per heavy atom. The summed E-state index contributed by atoms with van der Waals surface area (Å²) in [6.07, 6.45) is 0. The highest BCUT2D eigenvalue weighted by atomic mass is 32.2. The summed E-state index contributed by atoms with van der Waals surface area (Å²) < 4.78 is 6.91. The number of nitrogens with zero attached hydrogens (tertiary/aromatic N) is 5. The number of anilines is 1. The maximum atomic E-state index is 12.2. The lowest BCUT2D eigenvalue weighted by Gasteiger charge is -2.05. The minimum Gasteiger partial charge on any atom is -0.462 e. The van der Waals surface area contributed by atoms with Crippen LogP contribution in [-0.4, -0.2) is 32.2 Å². The Bertz CT molecular complexity index is 1030. The Hall–Kier alpha value is -2.64. The summed E-state index contributed by atoms with van der Waals surface area (Å²) in [6.45, 7) is 5.83. The molecule has 0 saturated heterocycles. The van der Waals surface area contributed by atoms with Crippen LogP contribution in [0, 0.1) is 25.2 Å². The molecule has 0 aliphatic carbocycles. The van der Waals surface area contributed by atoms with Gasteiger partial charge in [-0.3, -0.25) is 4.40 Å². The zero-order chi connectivity index (χ0) is 18.8. The Balaban J connectivity index is 1.95. The van der Waals surface area contributed by atoms with E-state index in [-0.39, 0.29) is 6.61 Å². The van der Waals surface area contributed by atoms with E-state index in [0.29, 0.717) is 37.7 Å². The van der Waals surface area contributed by atoms with Crippen LogP contribution >= 0.6 is 23.1 Å². The molecule has 0 radical (unpaired) electrons. The molecule has 3 rings (SSSR count). The Morgan fingerprint density at radius 1 is 1.46 bits per heavy atom. The number of nitrogens with two attached hydrogens (primary N) is 1. The summed E-state index contributed by atoms with van der Waals surface area (Å²) in [5, 5.41) is 18.6. The van der Waals surface area contributed by atoms with E-state index in [0.717, 1.165) is 22.7 Å². The number of rotatable bonds is 5. The van der Waals surface area contributed by atoms with Crippen molar-refractivity contribution in [3.8, 4) is 6.07 Å². The van der Waals surface area contributed by atoms with Gasteiger partial charge in [0, 0.05) is 22.7 Å². The molecule has 134 valence electrons. The molecule has 10 heteroatoms. The number of aromatic nitrogens is 4. The van der Waals surface area contributed by atoms with Crippen molar-refractivity contribution in [2.75, 3.05) is 12.3 Å². The first-order chi connectivity index (χ1) is 12.5. The lowest BCUT2D eigenvalue weighted by atomic mass is 10.2. The lowest BCUT2D eigenvalue weighted by Crippen LogP contribution is -2.05. The number of aryl methyl sites for hydroxylation is 2. The van der Waals surface area contributed by atoms with Gasteiger partial charge in [0.15, 0.2) is 5.16 Å². The minimum atomic E-state index is -0.471. The number of nitrogen functional groups attached to an aromatic ring is 1. The van der Waals surface area contributed by atoms with Crippen molar-refractivity contribution in [2.24, 2.45) is 0 Å². The topological polar surface area (TPSA) is 119 Å². The second-order valence-electron chi connectivity index (χ2n) is 5.43. The first kappa shape index (κ1) is 18.2. The van der Waals surface area contributed by atoms with Crippen LogP contribution in [0.4, 0.5) is 5.00 Å². The van der Waals surface area contributed by atoms with Crippen LogP contribution in [0.2, 0.25) is 0 Å². The molecule has 0 spiro atoms. The third-order valence-electron chi connectivity index (χ3n) is 3.62. The van der Waals surface area contributed by atoms with Gasteiger partial charge in [0.25, 0.3) is 5.78 Å². The van der Waals surface area contributed by atoms with Gasteiger partial charge in [0.2, 0.25) is 0 Å². The maximum absolute atomic E-state index is 12.2. The highest BCUT2D eigenvalue weighted by Gasteiger charge is 2.23. The van der Waals surface area contributed by atoms with Gasteiger partial charge in [-0.05, 0) is 26.8 Å². The molecule has 2 N–H and O–H groups in total. The molecule has 3 heterocycles. The molecule has 0 aliphatic heterocycles. The van der Waals surface area contributed by atoms with Gasteiger partial charge in [-0.1, -0.05) is 11.8 Å². The molecule has 0 unspecified atom stereocenters. The van der Waals surface area contributed by atoms with E-state index in [1.807, 2.05) is 24.3 Å². The summed E-state index contributed by atoms with van der Waals surface area (Å²) in [7, 11) is 0. The van der Waals surface area contributed by atoms with Crippen molar-refractivity contribution in [3.63, 3.8) is 0 Å². The first-order valence-electron chi connectivity index (χ1n) is 7.76. The van der Waals surface area contributed by atoms with Crippen LogP contribution in [0.3, 0.4) is 0 Å². The van der Waals surface area contributed by atoms with E-state index < -0.39 is 5.97 Å². The third-order valence-corrected chi connectivity index (χ3v) is 5.61. The van der Waals surface area contributed by atoms with Gasteiger partial charge in [0.05, 0.1) is 12.2 Å². The molecule has 0 aromatic carbocycles. The molecule has 0 saturated carbocycles. The molecular weight excluding hydrogens is 372 g/mol. The number of carbonyl (C=O) groups excluding carboxylic acids is 1. The fourth-order valence-electron chi connectivity index (χ4n) is 2.54. The zero-order valence-corrected chi connectivity index (χ0v) is 16.1. The molecule has 0 amide bonds. The van der Waals surface area contributed by atoms with Crippen molar-refractivity contribution in [1.29, 1.82) is 5.26 Å². The van der Waals surface area contributed by atoms with Crippen LogP contribution in [-0.2, 0) is 10.5 Å². The predicted molar refractivity (Wildman–Crippen MR) is 99.2 cm³/mol. The van der Waals surface area contributed by atoms with Gasteiger partial charge in [-0.25, -0.2) is 9.78 Å². The quantitative estimate of drug-likeness (QED) is 0.523. The summed E-state index contributed by atoms with van der Waals surface area (Å²) in [5.74, 6) is 0.389. The second kappa shape index (κ2) is 7.31. The maximum Gasteiger partial charge on any atom is 0.348 e. The number of nitriles is 1. The number of thioether (sulfide) groups is 1. The number of ether oxygens (including phenoxy) is 1. The summed E-state index contributed by atoms with van der Waals surface area (Å²) in [4.78, 5) is 16.9. The third kappa shape index (κ3) is 3.23. The SMILES string of the molecule is CCOC(=O)c1sc(N)c(C#N)c1CSc1nnc2nc(C)cc(C)n12. The lowest BCUT2D eigenvalue weighted by molar-refractivity contribution is 0.0531. The largest absolute Gasteiger partial charge is 0.462 e. The predicted octanol–water partition coefficient (Wildman–Crippen LogP) is 2.73. The number of carbonyl (C=O) groups is 1. The van der Waals surface area contributed by atoms with Crippen LogP contribution in [0.5, 0.6) is 0 Å². The Kier molecular flexibility index (Phi) is 5.11. The van der Waals surface area contributed by atoms with Gasteiger partial charge >= 0.3 is 5.97 Å². The van der Waals surface area contributed by atoms with E-state index >= 15 is 0 Å². The Morgan fingerprint density at radius 3 is 2.92 bits per heavy atom. The van der Waals surface area contributed by atoms with Crippen LogP contribution < -0.4 is 5.73 Å². The van der Waals surface area contributed by atoms with Crippen molar-refractivity contribution < 1.29 is 9.53 Å². The average molecular weight is 388 g/mol. The van der Waals surface area contributed by atoms with Crippen molar-refractivity contribution in [2.45, 2.75) is 31.7 Å². The molecule has 0 fully saturated rings. The van der Waals surface area contributed by atoms with Gasteiger partial charge in [-0.2, -0.15) is 5.26 Å². The van der Waals surface area contributed by atoms with Crippen molar-refractivity contribution >= 4 is 39.8 Å². The molecule has 8 nitrogen and oxygen atoms in total. The molecule has 0 atom stereocenters. The number of thiophene rings is 1. The molecule has 26 heavy (non-hydrogen) atoms. The van der Waals surface area contributed by atoms with Gasteiger partial charge < -0.3 is 10.5 Å². The number of fused-ring (bicyclic) bond motifs is 1.